The Morgan fingerprint density at radius 2 is 1.84 bits per heavy atom. The van der Waals surface area contributed by atoms with E-state index in [9.17, 15) is 22.0 Å². The molecule has 6 nitrogen and oxygen atoms in total. The number of carbonyl (C=O) groups excluding carboxylic acids is 1. The number of benzene rings is 2. The van der Waals surface area contributed by atoms with E-state index >= 15 is 0 Å². The standard InChI is InChI=1S/C21H21F2N3O3S2/c1-14-6-2-3-7-16(14)20(27)18-13-25-21(30-18)24-10-4-5-11-26-31(28,29)19-9-8-15(22)12-17(19)23/h2-3,6-9,12-13,26H,4-5,10-11H2,1H3,(H,24,25). The SMILES string of the molecule is Cc1ccccc1C(=O)c1cnc(NCCCCNS(=O)(=O)c2ccc(F)cc2F)s1. The third-order valence-electron chi connectivity index (χ3n) is 4.47. The van der Waals surface area contributed by atoms with Crippen molar-refractivity contribution in [3.05, 3.63) is 76.3 Å². The van der Waals surface area contributed by atoms with Gasteiger partial charge in [-0.25, -0.2) is 26.9 Å². The Morgan fingerprint density at radius 1 is 1.10 bits per heavy atom. The van der Waals surface area contributed by atoms with Gasteiger partial charge < -0.3 is 5.32 Å². The van der Waals surface area contributed by atoms with E-state index in [1.54, 1.807) is 6.07 Å². The minimum absolute atomic E-state index is 0.0777. The maximum atomic E-state index is 13.7. The predicted octanol–water partition coefficient (Wildman–Crippen LogP) is 4.13. The summed E-state index contributed by atoms with van der Waals surface area (Å²) in [7, 11) is -4.04. The zero-order chi connectivity index (χ0) is 22.4. The number of aromatic nitrogens is 1. The molecule has 3 rings (SSSR count). The van der Waals surface area contributed by atoms with Crippen molar-refractivity contribution in [2.75, 3.05) is 18.4 Å². The summed E-state index contributed by atoms with van der Waals surface area (Å²) in [6.45, 7) is 2.51. The molecule has 0 aliphatic heterocycles. The second-order valence-corrected chi connectivity index (χ2v) is 9.55. The van der Waals surface area contributed by atoms with Crippen molar-refractivity contribution < 1.29 is 22.0 Å². The molecule has 1 aromatic heterocycles. The largest absolute Gasteiger partial charge is 0.362 e. The molecule has 164 valence electrons. The summed E-state index contributed by atoms with van der Waals surface area (Å²) < 4.78 is 53.1. The normalized spacial score (nSPS) is 11.5. The Balaban J connectivity index is 1.44. The zero-order valence-corrected chi connectivity index (χ0v) is 18.3. The van der Waals surface area contributed by atoms with Crippen LogP contribution in [0, 0.1) is 18.6 Å². The molecule has 2 aromatic carbocycles. The first-order valence-corrected chi connectivity index (χ1v) is 11.8. The molecule has 0 spiro atoms. The van der Waals surface area contributed by atoms with E-state index < -0.39 is 26.6 Å². The van der Waals surface area contributed by atoms with Crippen molar-refractivity contribution in [2.24, 2.45) is 0 Å². The van der Waals surface area contributed by atoms with Gasteiger partial charge in [0.25, 0.3) is 0 Å². The van der Waals surface area contributed by atoms with E-state index in [1.807, 2.05) is 25.1 Å². The summed E-state index contributed by atoms with van der Waals surface area (Å²) in [5, 5.41) is 3.71. The average Bonchev–Trinajstić information content (AvgIpc) is 3.19. The summed E-state index contributed by atoms with van der Waals surface area (Å²) in [4.78, 5) is 16.7. The quantitative estimate of drug-likeness (QED) is 0.347. The van der Waals surface area contributed by atoms with Crippen molar-refractivity contribution >= 4 is 32.3 Å². The zero-order valence-electron chi connectivity index (χ0n) is 16.7. The van der Waals surface area contributed by atoms with Crippen LogP contribution in [0.25, 0.3) is 0 Å². The Labute approximate surface area is 183 Å². The summed E-state index contributed by atoms with van der Waals surface area (Å²) in [5.41, 5.74) is 1.54. The lowest BCUT2D eigenvalue weighted by molar-refractivity contribution is 0.104. The average molecular weight is 466 g/mol. The number of aryl methyl sites for hydroxylation is 1. The number of sulfonamides is 1. The van der Waals surface area contributed by atoms with Crippen LogP contribution in [0.5, 0.6) is 0 Å². The van der Waals surface area contributed by atoms with Gasteiger partial charge in [-0.3, -0.25) is 4.79 Å². The van der Waals surface area contributed by atoms with Crippen molar-refractivity contribution in [1.82, 2.24) is 9.71 Å². The van der Waals surface area contributed by atoms with Crippen LogP contribution >= 0.6 is 11.3 Å². The number of rotatable bonds is 10. The van der Waals surface area contributed by atoms with Crippen LogP contribution < -0.4 is 10.0 Å². The lowest BCUT2D eigenvalue weighted by Crippen LogP contribution is -2.26. The molecule has 0 aliphatic rings. The third-order valence-corrected chi connectivity index (χ3v) is 6.92. The van der Waals surface area contributed by atoms with Gasteiger partial charge in [-0.1, -0.05) is 35.6 Å². The molecule has 0 fully saturated rings. The lowest BCUT2D eigenvalue weighted by Gasteiger charge is -2.08. The van der Waals surface area contributed by atoms with Crippen LogP contribution in [-0.2, 0) is 10.0 Å². The number of hydrogen-bond acceptors (Lipinski definition) is 6. The first kappa shape index (κ1) is 23.0. The Kier molecular flexibility index (Phi) is 7.47. The first-order valence-electron chi connectivity index (χ1n) is 9.52. The molecular formula is C21H21F2N3O3S2. The van der Waals surface area contributed by atoms with Crippen molar-refractivity contribution in [3.63, 3.8) is 0 Å². The number of carbonyl (C=O) groups is 1. The van der Waals surface area contributed by atoms with Gasteiger partial charge in [-0.05, 0) is 37.5 Å². The maximum absolute atomic E-state index is 13.7. The number of ketones is 1. The van der Waals surface area contributed by atoms with Gasteiger partial charge in [0, 0.05) is 24.7 Å². The third kappa shape index (κ3) is 5.93. The lowest BCUT2D eigenvalue weighted by atomic mass is 10.0. The van der Waals surface area contributed by atoms with Crippen molar-refractivity contribution in [1.29, 1.82) is 0 Å². The Hall–Kier alpha value is -2.69. The van der Waals surface area contributed by atoms with Crippen LogP contribution in [-0.4, -0.2) is 32.3 Å². The molecule has 0 aliphatic carbocycles. The number of anilines is 1. The topological polar surface area (TPSA) is 88.2 Å². The van der Waals surface area contributed by atoms with Crippen LogP contribution in [0.4, 0.5) is 13.9 Å². The second-order valence-electron chi connectivity index (χ2n) is 6.78. The fourth-order valence-corrected chi connectivity index (χ4v) is 4.77. The van der Waals surface area contributed by atoms with Crippen LogP contribution in [0.15, 0.2) is 53.6 Å². The second kappa shape index (κ2) is 10.1. The van der Waals surface area contributed by atoms with Gasteiger partial charge in [-0.15, -0.1) is 0 Å². The van der Waals surface area contributed by atoms with Gasteiger partial charge in [-0.2, -0.15) is 0 Å². The molecule has 0 atom stereocenters. The maximum Gasteiger partial charge on any atom is 0.243 e. The highest BCUT2D eigenvalue weighted by Crippen LogP contribution is 2.22. The fourth-order valence-electron chi connectivity index (χ4n) is 2.84. The van der Waals surface area contributed by atoms with Gasteiger partial charge in [0.15, 0.2) is 5.13 Å². The molecular weight excluding hydrogens is 444 g/mol. The van der Waals surface area contributed by atoms with E-state index in [1.165, 1.54) is 17.5 Å². The van der Waals surface area contributed by atoms with E-state index in [4.69, 9.17) is 0 Å². The highest BCUT2D eigenvalue weighted by Gasteiger charge is 2.19. The van der Waals surface area contributed by atoms with Crippen LogP contribution in [0.1, 0.15) is 33.6 Å². The molecule has 2 N–H and O–H groups in total. The highest BCUT2D eigenvalue weighted by atomic mass is 32.2. The summed E-state index contributed by atoms with van der Waals surface area (Å²) in [5.74, 6) is -2.05. The molecule has 0 saturated heterocycles. The van der Waals surface area contributed by atoms with Crippen molar-refractivity contribution in [2.45, 2.75) is 24.7 Å². The van der Waals surface area contributed by atoms with Crippen LogP contribution in [0.3, 0.4) is 0 Å². The summed E-state index contributed by atoms with van der Waals surface area (Å²) >= 11 is 1.26. The van der Waals surface area contributed by atoms with E-state index in [0.29, 0.717) is 41.0 Å². The highest BCUT2D eigenvalue weighted by molar-refractivity contribution is 7.89. The molecule has 3 aromatic rings. The molecule has 31 heavy (non-hydrogen) atoms. The van der Waals surface area contributed by atoms with Gasteiger partial charge in [0.1, 0.15) is 16.5 Å². The molecule has 1 heterocycles. The molecule has 0 unspecified atom stereocenters. The van der Waals surface area contributed by atoms with Crippen molar-refractivity contribution in [3.8, 4) is 0 Å². The number of halogens is 2. The van der Waals surface area contributed by atoms with E-state index in [2.05, 4.69) is 15.0 Å². The molecule has 0 amide bonds. The number of hydrogen-bond donors (Lipinski definition) is 2. The molecule has 10 heteroatoms. The number of thiazole rings is 1. The molecule has 0 radical (unpaired) electrons. The minimum atomic E-state index is -4.04. The smallest absolute Gasteiger partial charge is 0.243 e. The number of unbranched alkanes of at least 4 members (excludes halogenated alkanes) is 1. The fraction of sp³-hybridized carbons (Fsp3) is 0.238. The Morgan fingerprint density at radius 3 is 2.58 bits per heavy atom. The first-order chi connectivity index (χ1) is 14.8. The number of nitrogens with zero attached hydrogens (tertiary/aromatic N) is 1. The van der Waals surface area contributed by atoms with Gasteiger partial charge in [0.05, 0.1) is 11.1 Å². The van der Waals surface area contributed by atoms with E-state index in [-0.39, 0.29) is 12.3 Å². The summed E-state index contributed by atoms with van der Waals surface area (Å²) in [6, 6.07) is 9.68. The van der Waals surface area contributed by atoms with Gasteiger partial charge >= 0.3 is 0 Å². The summed E-state index contributed by atoms with van der Waals surface area (Å²) in [6.07, 6.45) is 2.65. The number of nitrogens with one attached hydrogen (secondary N) is 2. The predicted molar refractivity (Wildman–Crippen MR) is 116 cm³/mol. The molecule has 0 bridgehead atoms. The molecule has 0 saturated carbocycles. The van der Waals surface area contributed by atoms with Gasteiger partial charge in [0.2, 0.25) is 15.8 Å². The van der Waals surface area contributed by atoms with E-state index in [0.717, 1.165) is 17.7 Å². The Bertz CT molecular complexity index is 1180. The minimum Gasteiger partial charge on any atom is -0.362 e. The monoisotopic (exact) mass is 465 g/mol. The van der Waals surface area contributed by atoms with Crippen LogP contribution in [0.2, 0.25) is 0 Å².